The van der Waals surface area contributed by atoms with E-state index in [4.69, 9.17) is 9.26 Å². The fourth-order valence-corrected chi connectivity index (χ4v) is 2.80. The predicted molar refractivity (Wildman–Crippen MR) is 96.0 cm³/mol. The van der Waals surface area contributed by atoms with Crippen molar-refractivity contribution in [2.24, 2.45) is 5.10 Å². The van der Waals surface area contributed by atoms with Crippen LogP contribution in [0, 0.1) is 6.92 Å². The van der Waals surface area contributed by atoms with Crippen molar-refractivity contribution < 1.29 is 14.1 Å². The molecular weight excluding hydrogens is 340 g/mol. The van der Waals surface area contributed by atoms with Gasteiger partial charge in [-0.1, -0.05) is 35.5 Å². The van der Waals surface area contributed by atoms with Gasteiger partial charge in [0.05, 0.1) is 24.1 Å². The number of ether oxygens (including phenoxy) is 1. The molecule has 2 aromatic heterocycles. The average molecular weight is 356 g/mol. The quantitative estimate of drug-likeness (QED) is 0.411. The molecular formula is C17H16N4O3S. The highest BCUT2D eigenvalue weighted by Crippen LogP contribution is 2.30. The zero-order valence-corrected chi connectivity index (χ0v) is 14.5. The zero-order chi connectivity index (χ0) is 17.6. The second kappa shape index (κ2) is 7.71. The lowest BCUT2D eigenvalue weighted by atomic mass is 10.1. The predicted octanol–water partition coefficient (Wildman–Crippen LogP) is 3.73. The van der Waals surface area contributed by atoms with Gasteiger partial charge in [-0.15, -0.1) is 11.3 Å². The number of thiazole rings is 1. The molecule has 0 aliphatic carbocycles. The first kappa shape index (κ1) is 16.8. The van der Waals surface area contributed by atoms with Crippen molar-refractivity contribution in [1.29, 1.82) is 0 Å². The summed E-state index contributed by atoms with van der Waals surface area (Å²) < 4.78 is 10.1. The van der Waals surface area contributed by atoms with Crippen molar-refractivity contribution in [1.82, 2.24) is 10.1 Å². The molecule has 2 heterocycles. The van der Waals surface area contributed by atoms with Crippen LogP contribution in [-0.4, -0.2) is 28.9 Å². The first-order valence-electron chi connectivity index (χ1n) is 7.62. The third-order valence-corrected chi connectivity index (χ3v) is 4.01. The number of hydrazone groups is 1. The van der Waals surface area contributed by atoms with Crippen LogP contribution in [0.3, 0.4) is 0 Å². The summed E-state index contributed by atoms with van der Waals surface area (Å²) in [6.07, 6.45) is 1.70. The van der Waals surface area contributed by atoms with Gasteiger partial charge in [-0.05, 0) is 19.4 Å². The van der Waals surface area contributed by atoms with Crippen LogP contribution in [0.5, 0.6) is 0 Å². The molecule has 1 N–H and O–H groups in total. The smallest absolute Gasteiger partial charge is 0.361 e. The molecule has 0 amide bonds. The number of aromatic nitrogens is 2. The number of esters is 1. The Morgan fingerprint density at radius 3 is 2.96 bits per heavy atom. The van der Waals surface area contributed by atoms with E-state index in [0.29, 0.717) is 22.1 Å². The molecule has 0 saturated heterocycles. The summed E-state index contributed by atoms with van der Waals surface area (Å²) in [7, 11) is 0. The van der Waals surface area contributed by atoms with Crippen molar-refractivity contribution in [2.75, 3.05) is 12.0 Å². The molecule has 3 aromatic rings. The molecule has 0 aliphatic rings. The lowest BCUT2D eigenvalue weighted by molar-refractivity contribution is 0.0515. The molecule has 0 bridgehead atoms. The number of aryl methyl sites for hydroxylation is 1. The van der Waals surface area contributed by atoms with Gasteiger partial charge in [-0.25, -0.2) is 9.78 Å². The summed E-state index contributed by atoms with van der Waals surface area (Å²) in [4.78, 5) is 16.4. The lowest BCUT2D eigenvalue weighted by Gasteiger charge is -1.99. The van der Waals surface area contributed by atoms with Crippen molar-refractivity contribution in [3.63, 3.8) is 0 Å². The van der Waals surface area contributed by atoms with Gasteiger partial charge in [0, 0.05) is 5.38 Å². The van der Waals surface area contributed by atoms with Gasteiger partial charge in [-0.3, -0.25) is 5.43 Å². The number of carbonyl (C=O) groups excluding carboxylic acids is 1. The Balaban J connectivity index is 1.77. The van der Waals surface area contributed by atoms with Gasteiger partial charge < -0.3 is 9.26 Å². The van der Waals surface area contributed by atoms with Gasteiger partial charge in [0.25, 0.3) is 0 Å². The topological polar surface area (TPSA) is 89.6 Å². The van der Waals surface area contributed by atoms with E-state index < -0.39 is 5.97 Å². The van der Waals surface area contributed by atoms with Crippen molar-refractivity contribution in [2.45, 2.75) is 13.8 Å². The standard InChI is InChI=1S/C17H16N4O3S/c1-3-23-16(22)15-14(11(2)24-21-15)13-10-25-17(19-13)20-18-9-12-7-5-4-6-8-12/h4-10H,3H2,1-2H3,(H,19,20)/b18-9-. The minimum atomic E-state index is -0.529. The van der Waals surface area contributed by atoms with Gasteiger partial charge in [-0.2, -0.15) is 5.10 Å². The monoisotopic (exact) mass is 356 g/mol. The fraction of sp³-hybridized carbons (Fsp3) is 0.176. The van der Waals surface area contributed by atoms with E-state index in [0.717, 1.165) is 5.56 Å². The summed E-state index contributed by atoms with van der Waals surface area (Å²) in [6.45, 7) is 3.73. The summed E-state index contributed by atoms with van der Waals surface area (Å²) in [5.74, 6) is -0.0216. The SMILES string of the molecule is CCOC(=O)c1noc(C)c1-c1csc(N/N=C\c2ccccc2)n1. The normalized spacial score (nSPS) is 11.0. The first-order valence-corrected chi connectivity index (χ1v) is 8.50. The van der Waals surface area contributed by atoms with Gasteiger partial charge in [0.1, 0.15) is 5.76 Å². The number of hydrogen-bond donors (Lipinski definition) is 1. The van der Waals surface area contributed by atoms with Crippen LogP contribution in [0.25, 0.3) is 11.3 Å². The minimum Gasteiger partial charge on any atom is -0.461 e. The minimum absolute atomic E-state index is 0.129. The number of nitrogens with one attached hydrogen (secondary N) is 1. The molecule has 8 heteroatoms. The second-order valence-electron chi connectivity index (χ2n) is 5.00. The molecule has 0 fully saturated rings. The molecule has 1 aromatic carbocycles. The third-order valence-electron chi connectivity index (χ3n) is 3.27. The Labute approximate surface area is 148 Å². The molecule has 0 saturated carbocycles. The maximum absolute atomic E-state index is 12.0. The lowest BCUT2D eigenvalue weighted by Crippen LogP contribution is -2.06. The highest BCUT2D eigenvalue weighted by atomic mass is 32.1. The zero-order valence-electron chi connectivity index (χ0n) is 13.7. The highest BCUT2D eigenvalue weighted by Gasteiger charge is 2.24. The largest absolute Gasteiger partial charge is 0.461 e. The molecule has 0 radical (unpaired) electrons. The van der Waals surface area contributed by atoms with Crippen molar-refractivity contribution >= 4 is 28.7 Å². The fourth-order valence-electron chi connectivity index (χ4n) is 2.15. The molecule has 128 valence electrons. The Hall–Kier alpha value is -3.00. The van der Waals surface area contributed by atoms with E-state index in [1.54, 1.807) is 20.1 Å². The van der Waals surface area contributed by atoms with Gasteiger partial charge >= 0.3 is 5.97 Å². The maximum Gasteiger partial charge on any atom is 0.361 e. The highest BCUT2D eigenvalue weighted by molar-refractivity contribution is 7.14. The molecule has 0 unspecified atom stereocenters. The molecule has 0 atom stereocenters. The Bertz CT molecular complexity index is 886. The van der Waals surface area contributed by atoms with E-state index in [-0.39, 0.29) is 12.3 Å². The number of benzene rings is 1. The van der Waals surface area contributed by atoms with E-state index in [1.807, 2.05) is 35.7 Å². The maximum atomic E-state index is 12.0. The number of nitrogens with zero attached hydrogens (tertiary/aromatic N) is 3. The molecule has 3 rings (SSSR count). The number of anilines is 1. The van der Waals surface area contributed by atoms with Gasteiger partial charge in [0.2, 0.25) is 10.8 Å². The second-order valence-corrected chi connectivity index (χ2v) is 5.86. The first-order chi connectivity index (χ1) is 12.2. The van der Waals surface area contributed by atoms with Crippen LogP contribution in [0.4, 0.5) is 5.13 Å². The average Bonchev–Trinajstić information content (AvgIpc) is 3.22. The van der Waals surface area contributed by atoms with Crippen molar-refractivity contribution in [3.05, 3.63) is 52.7 Å². The van der Waals surface area contributed by atoms with Gasteiger partial charge in [0.15, 0.2) is 0 Å². The summed E-state index contributed by atoms with van der Waals surface area (Å²) >= 11 is 1.37. The summed E-state index contributed by atoms with van der Waals surface area (Å²) in [6, 6.07) is 9.72. The van der Waals surface area contributed by atoms with E-state index in [1.165, 1.54) is 11.3 Å². The van der Waals surface area contributed by atoms with Crippen molar-refractivity contribution in [3.8, 4) is 11.3 Å². The number of carbonyl (C=O) groups is 1. The van der Waals surface area contributed by atoms with E-state index >= 15 is 0 Å². The Morgan fingerprint density at radius 2 is 2.20 bits per heavy atom. The van der Waals surface area contributed by atoms with Crippen LogP contribution in [-0.2, 0) is 4.74 Å². The van der Waals surface area contributed by atoms with E-state index in [2.05, 4.69) is 20.7 Å². The van der Waals surface area contributed by atoms with Crippen LogP contribution in [0.15, 0.2) is 45.3 Å². The van der Waals surface area contributed by atoms with E-state index in [9.17, 15) is 4.79 Å². The molecule has 7 nitrogen and oxygen atoms in total. The number of hydrogen-bond acceptors (Lipinski definition) is 8. The Morgan fingerprint density at radius 1 is 1.40 bits per heavy atom. The molecule has 25 heavy (non-hydrogen) atoms. The Kier molecular flexibility index (Phi) is 5.20. The number of rotatable bonds is 6. The van der Waals surface area contributed by atoms with Crippen LogP contribution in [0.2, 0.25) is 0 Å². The molecule has 0 spiro atoms. The van der Waals surface area contributed by atoms with Crippen LogP contribution >= 0.6 is 11.3 Å². The van der Waals surface area contributed by atoms with Crippen LogP contribution < -0.4 is 5.43 Å². The summed E-state index contributed by atoms with van der Waals surface area (Å²) in [5, 5.41) is 10.3. The third kappa shape index (κ3) is 3.92. The van der Waals surface area contributed by atoms with Crippen LogP contribution in [0.1, 0.15) is 28.7 Å². The summed E-state index contributed by atoms with van der Waals surface area (Å²) in [5.41, 5.74) is 5.11. The molecule has 0 aliphatic heterocycles.